The van der Waals surface area contributed by atoms with Gasteiger partial charge in [0.05, 0.1) is 11.4 Å². The molecule has 0 aliphatic carbocycles. The molecule has 0 N–H and O–H groups in total. The molecule has 3 heteroatoms. The quantitative estimate of drug-likeness (QED) is 0.204. The van der Waals surface area contributed by atoms with Crippen molar-refractivity contribution in [2.24, 2.45) is 0 Å². The summed E-state index contributed by atoms with van der Waals surface area (Å²) in [6.07, 6.45) is 2.10. The fraction of sp³-hybridized carbons (Fsp3) is 0.0476. The van der Waals surface area contributed by atoms with Crippen molar-refractivity contribution in [2.75, 3.05) is 0 Å². The first-order chi connectivity index (χ1) is 22.1. The number of aryl methyl sites for hydroxylation is 2. The van der Waals surface area contributed by atoms with Crippen LogP contribution >= 0.6 is 0 Å². The van der Waals surface area contributed by atoms with Crippen molar-refractivity contribution < 1.29 is 0 Å². The van der Waals surface area contributed by atoms with E-state index in [0.717, 1.165) is 45.1 Å². The van der Waals surface area contributed by atoms with Gasteiger partial charge in [-0.2, -0.15) is 0 Å². The molecule has 0 amide bonds. The van der Waals surface area contributed by atoms with Crippen molar-refractivity contribution >= 4 is 16.4 Å². The second kappa shape index (κ2) is 11.0. The molecule has 0 bridgehead atoms. The first-order valence-electron chi connectivity index (χ1n) is 15.3. The van der Waals surface area contributed by atoms with Gasteiger partial charge in [-0.1, -0.05) is 91.0 Å². The summed E-state index contributed by atoms with van der Waals surface area (Å²) in [5.41, 5.74) is 14.3. The highest BCUT2D eigenvalue weighted by atomic mass is 15.0. The summed E-state index contributed by atoms with van der Waals surface area (Å²) in [7, 11) is 0. The van der Waals surface area contributed by atoms with Gasteiger partial charge in [0.1, 0.15) is 5.65 Å². The van der Waals surface area contributed by atoms with E-state index in [4.69, 9.17) is 4.98 Å². The van der Waals surface area contributed by atoms with E-state index in [1.54, 1.807) is 0 Å². The molecule has 5 aromatic carbocycles. The van der Waals surface area contributed by atoms with Crippen LogP contribution in [-0.2, 0) is 0 Å². The molecule has 0 spiro atoms. The normalized spacial score (nSPS) is 11.3. The van der Waals surface area contributed by atoms with Crippen molar-refractivity contribution in [1.82, 2.24) is 14.4 Å². The number of hydrogen-bond acceptors (Lipinski definition) is 2. The summed E-state index contributed by atoms with van der Waals surface area (Å²) < 4.78 is 2.20. The Labute approximate surface area is 263 Å². The number of imidazole rings is 1. The number of nitrogens with zero attached hydrogens (tertiary/aromatic N) is 3. The average Bonchev–Trinajstić information content (AvgIpc) is 3.48. The Bertz CT molecular complexity index is 2330. The van der Waals surface area contributed by atoms with E-state index in [1.165, 1.54) is 38.6 Å². The first-order valence-corrected chi connectivity index (χ1v) is 15.3. The van der Waals surface area contributed by atoms with Crippen LogP contribution in [0.3, 0.4) is 0 Å². The van der Waals surface area contributed by atoms with Crippen LogP contribution in [-0.4, -0.2) is 14.4 Å². The Morgan fingerprint density at radius 3 is 1.76 bits per heavy atom. The van der Waals surface area contributed by atoms with Gasteiger partial charge in [0.15, 0.2) is 0 Å². The second-order valence-electron chi connectivity index (χ2n) is 11.7. The minimum Gasteiger partial charge on any atom is -0.299 e. The molecule has 0 fully saturated rings. The Morgan fingerprint density at radius 1 is 0.400 bits per heavy atom. The van der Waals surface area contributed by atoms with Crippen LogP contribution in [0.2, 0.25) is 0 Å². The predicted octanol–water partition coefficient (Wildman–Crippen LogP) is 10.8. The SMILES string of the molecule is Cc1cc(-c2cc(-c3cccc(-c4c(-c5ccccc5)nc5ccccn45)c3)cc(-c3ccc4ccccc4c3)c2)cc(C)n1. The van der Waals surface area contributed by atoms with E-state index in [2.05, 4.69) is 163 Å². The van der Waals surface area contributed by atoms with Crippen molar-refractivity contribution in [3.63, 3.8) is 0 Å². The molecule has 0 aliphatic rings. The van der Waals surface area contributed by atoms with Gasteiger partial charge in [0.2, 0.25) is 0 Å². The number of rotatable bonds is 5. The van der Waals surface area contributed by atoms with Gasteiger partial charge in [-0.05, 0) is 113 Å². The Balaban J connectivity index is 1.33. The predicted molar refractivity (Wildman–Crippen MR) is 187 cm³/mol. The summed E-state index contributed by atoms with van der Waals surface area (Å²) in [5, 5.41) is 2.48. The molecular weight excluding hydrogens is 546 g/mol. The van der Waals surface area contributed by atoms with E-state index in [0.29, 0.717) is 0 Å². The van der Waals surface area contributed by atoms with Crippen LogP contribution in [0, 0.1) is 13.8 Å². The highest BCUT2D eigenvalue weighted by molar-refractivity contribution is 5.90. The molecule has 3 aromatic heterocycles. The Kier molecular flexibility index (Phi) is 6.57. The first kappa shape index (κ1) is 26.8. The third-order valence-electron chi connectivity index (χ3n) is 8.48. The summed E-state index contributed by atoms with van der Waals surface area (Å²) in [6, 6.07) is 52.1. The van der Waals surface area contributed by atoms with Crippen LogP contribution < -0.4 is 0 Å². The lowest BCUT2D eigenvalue weighted by Crippen LogP contribution is -1.92. The minimum absolute atomic E-state index is 0.931. The molecule has 0 saturated heterocycles. The maximum Gasteiger partial charge on any atom is 0.137 e. The molecular formula is C42H31N3. The average molecular weight is 578 g/mol. The summed E-state index contributed by atoms with van der Waals surface area (Å²) >= 11 is 0. The molecule has 0 unspecified atom stereocenters. The van der Waals surface area contributed by atoms with Crippen LogP contribution in [0.15, 0.2) is 152 Å². The van der Waals surface area contributed by atoms with Crippen LogP contribution in [0.4, 0.5) is 0 Å². The number of fused-ring (bicyclic) bond motifs is 2. The highest BCUT2D eigenvalue weighted by Crippen LogP contribution is 2.38. The van der Waals surface area contributed by atoms with Crippen molar-refractivity contribution in [3.8, 4) is 55.9 Å². The number of hydrogen-bond donors (Lipinski definition) is 0. The third-order valence-corrected chi connectivity index (χ3v) is 8.48. The van der Waals surface area contributed by atoms with E-state index in [-0.39, 0.29) is 0 Å². The summed E-state index contributed by atoms with van der Waals surface area (Å²) in [5.74, 6) is 0. The van der Waals surface area contributed by atoms with Gasteiger partial charge in [0, 0.05) is 28.7 Å². The van der Waals surface area contributed by atoms with E-state index < -0.39 is 0 Å². The zero-order valence-electron chi connectivity index (χ0n) is 25.3. The number of aromatic nitrogens is 3. The summed E-state index contributed by atoms with van der Waals surface area (Å²) in [4.78, 5) is 9.71. The van der Waals surface area contributed by atoms with Crippen molar-refractivity contribution in [2.45, 2.75) is 13.8 Å². The Morgan fingerprint density at radius 2 is 0.978 bits per heavy atom. The van der Waals surface area contributed by atoms with Gasteiger partial charge in [-0.3, -0.25) is 9.38 Å². The lowest BCUT2D eigenvalue weighted by atomic mass is 9.91. The number of benzene rings is 5. The fourth-order valence-corrected chi connectivity index (χ4v) is 6.41. The highest BCUT2D eigenvalue weighted by Gasteiger charge is 2.17. The lowest BCUT2D eigenvalue weighted by molar-refractivity contribution is 1.12. The molecule has 3 heterocycles. The topological polar surface area (TPSA) is 30.2 Å². The van der Waals surface area contributed by atoms with Crippen LogP contribution in [0.1, 0.15) is 11.4 Å². The molecule has 0 saturated carbocycles. The molecule has 0 aliphatic heterocycles. The largest absolute Gasteiger partial charge is 0.299 e. The standard InChI is InChI=1S/C42H31N3/c1-28-21-36(22-29(2)43-28)39-26-37(25-38(27-39)34-19-18-30-11-6-7-14-32(30)23-34)33-15-10-16-35(24-33)42-41(31-12-4-3-5-13-31)44-40-17-8-9-20-45(40)42/h3-27H,1-2H3. The smallest absolute Gasteiger partial charge is 0.137 e. The third kappa shape index (κ3) is 5.09. The monoisotopic (exact) mass is 577 g/mol. The van der Waals surface area contributed by atoms with E-state index in [9.17, 15) is 0 Å². The molecule has 214 valence electrons. The lowest BCUT2D eigenvalue weighted by Gasteiger charge is -2.14. The maximum atomic E-state index is 5.07. The minimum atomic E-state index is 0.931. The van der Waals surface area contributed by atoms with Crippen molar-refractivity contribution in [1.29, 1.82) is 0 Å². The zero-order chi connectivity index (χ0) is 30.3. The summed E-state index contributed by atoms with van der Waals surface area (Å²) in [6.45, 7) is 4.13. The maximum absolute atomic E-state index is 5.07. The van der Waals surface area contributed by atoms with Gasteiger partial charge in [-0.25, -0.2) is 4.98 Å². The number of pyridine rings is 2. The van der Waals surface area contributed by atoms with E-state index >= 15 is 0 Å². The van der Waals surface area contributed by atoms with Gasteiger partial charge in [-0.15, -0.1) is 0 Å². The molecule has 0 atom stereocenters. The molecule has 8 aromatic rings. The van der Waals surface area contributed by atoms with Crippen molar-refractivity contribution in [3.05, 3.63) is 163 Å². The van der Waals surface area contributed by atoms with Crippen LogP contribution in [0.25, 0.3) is 72.3 Å². The molecule has 0 radical (unpaired) electrons. The second-order valence-corrected chi connectivity index (χ2v) is 11.7. The van der Waals surface area contributed by atoms with Gasteiger partial charge < -0.3 is 0 Å². The molecule has 8 rings (SSSR count). The van der Waals surface area contributed by atoms with Gasteiger partial charge >= 0.3 is 0 Å². The zero-order valence-corrected chi connectivity index (χ0v) is 25.3. The van der Waals surface area contributed by atoms with Gasteiger partial charge in [0.25, 0.3) is 0 Å². The van der Waals surface area contributed by atoms with Crippen LogP contribution in [0.5, 0.6) is 0 Å². The fourth-order valence-electron chi connectivity index (χ4n) is 6.41. The molecule has 45 heavy (non-hydrogen) atoms. The molecule has 3 nitrogen and oxygen atoms in total. The Hall–Kier alpha value is -5.80. The van der Waals surface area contributed by atoms with E-state index in [1.807, 2.05) is 12.1 Å².